The van der Waals surface area contributed by atoms with Crippen molar-refractivity contribution in [1.29, 1.82) is 0 Å². The molecule has 1 rings (SSSR count). The van der Waals surface area contributed by atoms with Gasteiger partial charge in [0.15, 0.2) is 0 Å². The van der Waals surface area contributed by atoms with E-state index in [-0.39, 0.29) is 22.6 Å². The summed E-state index contributed by atoms with van der Waals surface area (Å²) >= 11 is 0. The Morgan fingerprint density at radius 1 is 1.61 bits per heavy atom. The van der Waals surface area contributed by atoms with Crippen molar-refractivity contribution >= 4 is 20.0 Å². The topological polar surface area (TPSA) is 190 Å². The van der Waals surface area contributed by atoms with Crippen LogP contribution in [0.1, 0.15) is 16.8 Å². The van der Waals surface area contributed by atoms with Crippen LogP contribution < -0.4 is 15.5 Å². The number of phosphoric acid groups is 1. The molecule has 0 fully saturated rings. The van der Waals surface area contributed by atoms with Crippen molar-refractivity contribution in [1.82, 2.24) is 4.98 Å². The molecule has 12 heteroatoms. The molecule has 0 spiro atoms. The zero-order valence-electron chi connectivity index (χ0n) is 11.9. The van der Waals surface area contributed by atoms with Crippen LogP contribution in [0.4, 0.5) is 0 Å². The van der Waals surface area contributed by atoms with Gasteiger partial charge in [-0.25, -0.2) is 0 Å². The lowest BCUT2D eigenvalue weighted by Gasteiger charge is -2.28. The number of aryl methyl sites for hydroxylation is 1. The highest BCUT2D eigenvalue weighted by Crippen LogP contribution is 2.29. The largest absolute Gasteiger partial charge is 0.790 e. The molecule has 1 heterocycles. The molecule has 0 aliphatic rings. The molecular formula is C11H14N3O8P-2. The van der Waals surface area contributed by atoms with Crippen molar-refractivity contribution in [3.05, 3.63) is 23.0 Å². The molecule has 0 aliphatic heterocycles. The Balaban J connectivity index is 2.88. The van der Waals surface area contributed by atoms with Crippen molar-refractivity contribution < 1.29 is 38.7 Å². The van der Waals surface area contributed by atoms with E-state index in [0.717, 1.165) is 6.21 Å². The number of aromatic nitrogens is 1. The van der Waals surface area contributed by atoms with Gasteiger partial charge in [0.2, 0.25) is 0 Å². The Morgan fingerprint density at radius 2 is 2.26 bits per heavy atom. The molecule has 1 aromatic rings. The molecule has 128 valence electrons. The molecule has 0 bridgehead atoms. The third-order valence-electron chi connectivity index (χ3n) is 2.56. The molecule has 0 aliphatic carbocycles. The second-order valence-corrected chi connectivity index (χ2v) is 5.48. The van der Waals surface area contributed by atoms with Gasteiger partial charge in [-0.2, -0.15) is 0 Å². The van der Waals surface area contributed by atoms with Crippen LogP contribution in [0.3, 0.4) is 0 Å². The second kappa shape index (κ2) is 7.99. The predicted octanol–water partition coefficient (Wildman–Crippen LogP) is -1.80. The Bertz CT molecular complexity index is 644. The molecule has 0 radical (unpaired) electrons. The van der Waals surface area contributed by atoms with E-state index < -0.39 is 33.0 Å². The molecular weight excluding hydrogens is 333 g/mol. The average molecular weight is 347 g/mol. The number of hydrogen-bond acceptors (Lipinski definition) is 10. The first-order chi connectivity index (χ1) is 10.6. The third kappa shape index (κ3) is 6.30. The van der Waals surface area contributed by atoms with Crippen molar-refractivity contribution in [3.8, 4) is 5.75 Å². The number of aliphatic carboxylic acids is 1. The summed E-state index contributed by atoms with van der Waals surface area (Å²) in [6, 6.07) is -1.28. The molecule has 23 heavy (non-hydrogen) atoms. The summed E-state index contributed by atoms with van der Waals surface area (Å²) in [4.78, 5) is 40.0. The number of rotatable bonds is 8. The van der Waals surface area contributed by atoms with E-state index in [1.54, 1.807) is 0 Å². The standard InChI is InChI=1S/C11H16N3O8P/c1-6-10(15)8(3-14-21-5-9(12)11(16)17)7(2-13-6)4-22-23(18,19)20/h2-3,9,15H,4-5,12H2,1H3,(H,16,17)(H2,18,19,20)/p-2/b14-3+/t9-/m1/s1. The molecule has 4 N–H and O–H groups in total. The van der Waals surface area contributed by atoms with Crippen LogP contribution in [0, 0.1) is 6.92 Å². The number of pyridine rings is 1. The number of hydrogen-bond donors (Lipinski definition) is 3. The van der Waals surface area contributed by atoms with E-state index in [9.17, 15) is 24.3 Å². The van der Waals surface area contributed by atoms with Crippen molar-refractivity contribution in [2.75, 3.05) is 6.61 Å². The highest BCUT2D eigenvalue weighted by molar-refractivity contribution is 7.43. The van der Waals surface area contributed by atoms with Crippen LogP contribution >= 0.6 is 7.82 Å². The number of phosphoric ester groups is 1. The van der Waals surface area contributed by atoms with Gasteiger partial charge < -0.3 is 39.7 Å². The Hall–Kier alpha value is -2.04. The third-order valence-corrected chi connectivity index (χ3v) is 3.01. The van der Waals surface area contributed by atoms with Gasteiger partial charge in [0, 0.05) is 17.3 Å². The van der Waals surface area contributed by atoms with Gasteiger partial charge in [0.05, 0.1) is 26.3 Å². The summed E-state index contributed by atoms with van der Waals surface area (Å²) in [7, 11) is -5.20. The van der Waals surface area contributed by atoms with Gasteiger partial charge in [-0.15, -0.1) is 0 Å². The Kier molecular flexibility index (Phi) is 6.61. The molecule has 1 aromatic heterocycles. The number of oxime groups is 1. The molecule has 11 nitrogen and oxygen atoms in total. The number of aromatic hydroxyl groups is 1. The van der Waals surface area contributed by atoms with E-state index in [1.165, 1.54) is 13.1 Å². The van der Waals surface area contributed by atoms with Gasteiger partial charge >= 0.3 is 5.97 Å². The van der Waals surface area contributed by atoms with Crippen molar-refractivity contribution in [2.24, 2.45) is 10.9 Å². The summed E-state index contributed by atoms with van der Waals surface area (Å²) in [6.45, 7) is 0.407. The molecule has 0 unspecified atom stereocenters. The smallest absolute Gasteiger partial charge is 0.324 e. The summed E-state index contributed by atoms with van der Waals surface area (Å²) < 4.78 is 14.6. The summed E-state index contributed by atoms with van der Waals surface area (Å²) in [6.07, 6.45) is 2.19. The van der Waals surface area contributed by atoms with E-state index in [0.29, 0.717) is 0 Å². The molecule has 0 amide bonds. The first-order valence-corrected chi connectivity index (χ1v) is 7.55. The Morgan fingerprint density at radius 3 is 2.83 bits per heavy atom. The first kappa shape index (κ1) is 19.0. The van der Waals surface area contributed by atoms with E-state index in [4.69, 9.17) is 10.8 Å². The van der Waals surface area contributed by atoms with Crippen LogP contribution in [0.15, 0.2) is 11.4 Å². The number of carbonyl (C=O) groups is 1. The highest BCUT2D eigenvalue weighted by atomic mass is 31.2. The summed E-state index contributed by atoms with van der Waals surface area (Å²) in [5.74, 6) is -1.61. The fourth-order valence-corrected chi connectivity index (χ4v) is 1.64. The number of carboxylic acids is 1. The lowest BCUT2D eigenvalue weighted by molar-refractivity contribution is -0.342. The van der Waals surface area contributed by atoms with Crippen molar-refractivity contribution in [2.45, 2.75) is 19.6 Å². The lowest BCUT2D eigenvalue weighted by atomic mass is 10.1. The maximum Gasteiger partial charge on any atom is 0.324 e. The normalized spacial score (nSPS) is 13.2. The van der Waals surface area contributed by atoms with Gasteiger partial charge in [-0.1, -0.05) is 5.16 Å². The average Bonchev–Trinajstić information content (AvgIpc) is 2.45. The van der Waals surface area contributed by atoms with E-state index >= 15 is 0 Å². The van der Waals surface area contributed by atoms with Crippen LogP contribution in [0.25, 0.3) is 0 Å². The minimum absolute atomic E-state index is 0.00912. The minimum Gasteiger partial charge on any atom is -0.790 e. The fraction of sp³-hybridized carbons (Fsp3) is 0.364. The van der Waals surface area contributed by atoms with Crippen LogP contribution in [0.2, 0.25) is 0 Å². The lowest BCUT2D eigenvalue weighted by Crippen LogP contribution is -2.34. The second-order valence-electron chi connectivity index (χ2n) is 4.33. The minimum atomic E-state index is -5.20. The zero-order valence-corrected chi connectivity index (χ0v) is 12.8. The van der Waals surface area contributed by atoms with Crippen LogP contribution in [-0.4, -0.2) is 40.0 Å². The Labute approximate surface area is 130 Å². The van der Waals surface area contributed by atoms with Gasteiger partial charge in [-0.05, 0) is 6.92 Å². The number of nitrogens with two attached hydrogens (primary N) is 1. The fourth-order valence-electron chi connectivity index (χ4n) is 1.34. The van der Waals surface area contributed by atoms with Gasteiger partial charge in [0.1, 0.15) is 18.4 Å². The van der Waals surface area contributed by atoms with E-state index in [2.05, 4.69) is 19.5 Å². The quantitative estimate of drug-likeness (QED) is 0.275. The SMILES string of the molecule is Cc1ncc(COP(=O)([O-])[O-])c(/C=N/OC[C@@H](N)C(=O)O)c1O. The maximum atomic E-state index is 10.5. The molecule has 0 aromatic carbocycles. The summed E-state index contributed by atoms with van der Waals surface area (Å²) in [5.41, 5.74) is 5.48. The number of carboxylic acid groups (broad SMARTS) is 1. The monoisotopic (exact) mass is 347 g/mol. The first-order valence-electron chi connectivity index (χ1n) is 6.09. The van der Waals surface area contributed by atoms with E-state index in [1.807, 2.05) is 0 Å². The molecule has 1 atom stereocenters. The molecule has 0 saturated carbocycles. The highest BCUT2D eigenvalue weighted by Gasteiger charge is 2.13. The van der Waals surface area contributed by atoms with Crippen molar-refractivity contribution in [3.63, 3.8) is 0 Å². The van der Waals surface area contributed by atoms with Gasteiger partial charge in [-0.3, -0.25) is 9.78 Å². The zero-order chi connectivity index (χ0) is 17.6. The predicted molar refractivity (Wildman–Crippen MR) is 72.2 cm³/mol. The van der Waals surface area contributed by atoms with Crippen LogP contribution in [-0.2, 0) is 25.3 Å². The maximum absolute atomic E-state index is 10.5. The molecule has 0 saturated heterocycles. The van der Waals surface area contributed by atoms with Gasteiger partial charge in [0.25, 0.3) is 0 Å². The van der Waals surface area contributed by atoms with Crippen LogP contribution in [0.5, 0.6) is 5.75 Å². The summed E-state index contributed by atoms with van der Waals surface area (Å²) in [5, 5.41) is 21.9. The number of nitrogens with zero attached hydrogens (tertiary/aromatic N) is 2.